The molecule has 2 heterocycles. The summed E-state index contributed by atoms with van der Waals surface area (Å²) in [6.45, 7) is 2.56. The second-order valence-electron chi connectivity index (χ2n) is 4.97. The van der Waals surface area contributed by atoms with Crippen LogP contribution in [-0.2, 0) is 6.54 Å². The molecule has 18 heavy (non-hydrogen) atoms. The molecule has 0 spiro atoms. The fourth-order valence-corrected chi connectivity index (χ4v) is 3.81. The maximum atomic E-state index is 4.63. The van der Waals surface area contributed by atoms with Crippen molar-refractivity contribution in [1.29, 1.82) is 0 Å². The van der Waals surface area contributed by atoms with Gasteiger partial charge in [-0.05, 0) is 31.7 Å². The van der Waals surface area contributed by atoms with Gasteiger partial charge in [0, 0.05) is 18.0 Å². The molecule has 1 aromatic heterocycles. The van der Waals surface area contributed by atoms with Gasteiger partial charge in [0.1, 0.15) is 5.82 Å². The van der Waals surface area contributed by atoms with Crippen LogP contribution in [-0.4, -0.2) is 26.9 Å². The van der Waals surface area contributed by atoms with Crippen molar-refractivity contribution in [2.75, 3.05) is 5.75 Å². The van der Waals surface area contributed by atoms with Gasteiger partial charge in [0.2, 0.25) is 0 Å². The van der Waals surface area contributed by atoms with Crippen LogP contribution in [0.4, 0.5) is 0 Å². The molecule has 2 aliphatic rings. The number of aryl methyl sites for hydroxylation is 1. The summed E-state index contributed by atoms with van der Waals surface area (Å²) in [6.07, 6.45) is 5.84. The topological polar surface area (TPSA) is 50.2 Å². The largest absolute Gasteiger partial charge is 0.362 e. The third-order valence-electron chi connectivity index (χ3n) is 3.62. The number of hydrogen-bond acceptors (Lipinski definition) is 4. The number of fused-ring (bicyclic) bond motifs is 1. The fourth-order valence-electron chi connectivity index (χ4n) is 2.65. The maximum absolute atomic E-state index is 4.63. The Morgan fingerprint density at radius 3 is 3.33 bits per heavy atom. The number of aliphatic imine (C=N–C) groups is 1. The number of nitrogens with zero attached hydrogens (tertiary/aromatic N) is 3. The van der Waals surface area contributed by atoms with E-state index >= 15 is 0 Å². The van der Waals surface area contributed by atoms with Crippen LogP contribution >= 0.6 is 11.8 Å². The number of thioether (sulfide) groups is 1. The van der Waals surface area contributed by atoms with Crippen LogP contribution in [0.25, 0.3) is 0 Å². The van der Waals surface area contributed by atoms with Crippen molar-refractivity contribution in [2.24, 2.45) is 10.9 Å². The number of amidine groups is 1. The van der Waals surface area contributed by atoms with Crippen LogP contribution < -0.4 is 5.32 Å². The maximum Gasteiger partial charge on any atom is 0.157 e. The normalized spacial score (nSPS) is 29.1. The van der Waals surface area contributed by atoms with E-state index in [9.17, 15) is 0 Å². The molecule has 1 saturated carbocycles. The van der Waals surface area contributed by atoms with E-state index in [0.29, 0.717) is 12.6 Å². The molecule has 0 aromatic carbocycles. The Morgan fingerprint density at radius 1 is 1.50 bits per heavy atom. The Balaban J connectivity index is 1.63. The first kappa shape index (κ1) is 12.0. The average molecular weight is 262 g/mol. The Morgan fingerprint density at radius 2 is 2.44 bits per heavy atom. The van der Waals surface area contributed by atoms with E-state index in [1.165, 1.54) is 25.0 Å². The van der Waals surface area contributed by atoms with E-state index in [4.69, 9.17) is 0 Å². The molecule has 3 rings (SSSR count). The number of hydrogen-bond donors (Lipinski definition) is 1. The van der Waals surface area contributed by atoms with E-state index in [2.05, 4.69) is 20.3 Å². The standard InChI is InChI=1S/C13H18N4S/c1-9-14-6-5-11(16-9)7-15-13-17-12-4-2-3-10(12)8-18-13/h5-6,10,12H,2-4,7-8H2,1H3,(H,15,17). The van der Waals surface area contributed by atoms with Crippen LogP contribution in [0.1, 0.15) is 30.8 Å². The van der Waals surface area contributed by atoms with E-state index in [1.807, 2.05) is 24.8 Å². The van der Waals surface area contributed by atoms with Gasteiger partial charge in [-0.25, -0.2) is 9.97 Å². The van der Waals surface area contributed by atoms with Crippen LogP contribution in [0.3, 0.4) is 0 Å². The van der Waals surface area contributed by atoms with Gasteiger partial charge in [-0.2, -0.15) is 0 Å². The molecule has 1 aliphatic heterocycles. The lowest BCUT2D eigenvalue weighted by molar-refractivity contribution is 0.489. The second-order valence-corrected chi connectivity index (χ2v) is 5.98. The zero-order valence-corrected chi connectivity index (χ0v) is 11.4. The third-order valence-corrected chi connectivity index (χ3v) is 4.74. The smallest absolute Gasteiger partial charge is 0.157 e. The van der Waals surface area contributed by atoms with Gasteiger partial charge in [0.15, 0.2) is 5.17 Å². The molecule has 2 fully saturated rings. The molecule has 1 N–H and O–H groups in total. The number of rotatable bonds is 2. The first-order valence-electron chi connectivity index (χ1n) is 6.53. The van der Waals surface area contributed by atoms with Gasteiger partial charge >= 0.3 is 0 Å². The fraction of sp³-hybridized carbons (Fsp3) is 0.615. The summed E-state index contributed by atoms with van der Waals surface area (Å²) in [7, 11) is 0. The predicted octanol–water partition coefficient (Wildman–Crippen LogP) is 2.15. The molecular weight excluding hydrogens is 244 g/mol. The average Bonchev–Trinajstić information content (AvgIpc) is 2.84. The molecule has 0 amide bonds. The summed E-state index contributed by atoms with van der Waals surface area (Å²) in [5.74, 6) is 2.89. The van der Waals surface area contributed by atoms with E-state index in [0.717, 1.165) is 22.6 Å². The van der Waals surface area contributed by atoms with Crippen molar-refractivity contribution in [3.63, 3.8) is 0 Å². The Kier molecular flexibility index (Phi) is 3.50. The molecule has 0 radical (unpaired) electrons. The highest BCUT2D eigenvalue weighted by Crippen LogP contribution is 2.32. The molecule has 2 atom stereocenters. The molecule has 1 saturated heterocycles. The van der Waals surface area contributed by atoms with Crippen molar-refractivity contribution >= 4 is 16.9 Å². The summed E-state index contributed by atoms with van der Waals surface area (Å²) in [4.78, 5) is 13.1. The first-order chi connectivity index (χ1) is 8.81. The summed E-state index contributed by atoms with van der Waals surface area (Å²) in [6, 6.07) is 2.60. The molecule has 1 aliphatic carbocycles. The minimum atomic E-state index is 0.649. The van der Waals surface area contributed by atoms with Crippen LogP contribution in [0, 0.1) is 12.8 Å². The summed E-state index contributed by atoms with van der Waals surface area (Å²) >= 11 is 1.86. The number of nitrogens with one attached hydrogen (secondary N) is 1. The van der Waals surface area contributed by atoms with Crippen LogP contribution in [0.2, 0.25) is 0 Å². The van der Waals surface area contributed by atoms with Crippen molar-refractivity contribution < 1.29 is 0 Å². The zero-order valence-electron chi connectivity index (χ0n) is 10.6. The highest BCUT2D eigenvalue weighted by atomic mass is 32.2. The van der Waals surface area contributed by atoms with E-state index in [1.54, 1.807) is 6.20 Å². The predicted molar refractivity (Wildman–Crippen MR) is 74.6 cm³/mol. The molecular formula is C13H18N4S. The lowest BCUT2D eigenvalue weighted by Crippen LogP contribution is -2.41. The minimum absolute atomic E-state index is 0.649. The van der Waals surface area contributed by atoms with E-state index in [-0.39, 0.29) is 0 Å². The lowest BCUT2D eigenvalue weighted by atomic mass is 10.1. The van der Waals surface area contributed by atoms with Gasteiger partial charge in [0.25, 0.3) is 0 Å². The highest BCUT2D eigenvalue weighted by Gasteiger charge is 2.31. The van der Waals surface area contributed by atoms with Crippen molar-refractivity contribution in [1.82, 2.24) is 15.3 Å². The second kappa shape index (κ2) is 5.26. The van der Waals surface area contributed by atoms with Crippen LogP contribution in [0.5, 0.6) is 0 Å². The highest BCUT2D eigenvalue weighted by molar-refractivity contribution is 8.13. The zero-order chi connectivity index (χ0) is 12.4. The summed E-state index contributed by atoms with van der Waals surface area (Å²) in [5.41, 5.74) is 0.992. The minimum Gasteiger partial charge on any atom is -0.362 e. The monoisotopic (exact) mass is 262 g/mol. The third kappa shape index (κ3) is 2.66. The molecule has 1 aromatic rings. The molecule has 2 unspecified atom stereocenters. The SMILES string of the molecule is Cc1nccc(CN=C2NC3CCCC3CS2)n1. The van der Waals surface area contributed by atoms with Gasteiger partial charge in [-0.1, -0.05) is 18.2 Å². The molecule has 5 heteroatoms. The summed E-state index contributed by atoms with van der Waals surface area (Å²) in [5, 5.41) is 4.66. The summed E-state index contributed by atoms with van der Waals surface area (Å²) < 4.78 is 0. The molecule has 0 bridgehead atoms. The van der Waals surface area contributed by atoms with Gasteiger partial charge < -0.3 is 5.32 Å². The lowest BCUT2D eigenvalue weighted by Gasteiger charge is -2.27. The van der Waals surface area contributed by atoms with Gasteiger partial charge in [0.05, 0.1) is 12.2 Å². The van der Waals surface area contributed by atoms with Gasteiger partial charge in [-0.3, -0.25) is 4.99 Å². The van der Waals surface area contributed by atoms with Crippen LogP contribution in [0.15, 0.2) is 17.3 Å². The molecule has 4 nitrogen and oxygen atoms in total. The Bertz CT molecular complexity index is 460. The number of aromatic nitrogens is 2. The first-order valence-corrected chi connectivity index (χ1v) is 7.52. The van der Waals surface area contributed by atoms with Crippen molar-refractivity contribution in [3.05, 3.63) is 23.8 Å². The van der Waals surface area contributed by atoms with E-state index < -0.39 is 0 Å². The Labute approximate surface area is 112 Å². The molecule has 96 valence electrons. The van der Waals surface area contributed by atoms with Crippen molar-refractivity contribution in [3.8, 4) is 0 Å². The quantitative estimate of drug-likeness (QED) is 0.887. The van der Waals surface area contributed by atoms with Gasteiger partial charge in [-0.15, -0.1) is 0 Å². The Hall–Kier alpha value is -1.10. The van der Waals surface area contributed by atoms with Crippen molar-refractivity contribution in [2.45, 2.75) is 38.8 Å².